The molecule has 1 aliphatic rings. The van der Waals surface area contributed by atoms with Gasteiger partial charge in [-0.15, -0.1) is 0 Å². The molecule has 1 amide bonds. The van der Waals surface area contributed by atoms with Crippen LogP contribution in [-0.2, 0) is 0 Å². The molecule has 1 atom stereocenters. The van der Waals surface area contributed by atoms with Crippen molar-refractivity contribution in [2.75, 3.05) is 6.54 Å². The van der Waals surface area contributed by atoms with E-state index in [4.69, 9.17) is 5.11 Å². The third kappa shape index (κ3) is 3.77. The van der Waals surface area contributed by atoms with Crippen molar-refractivity contribution < 1.29 is 14.7 Å². The second-order valence-corrected chi connectivity index (χ2v) is 6.98. The van der Waals surface area contributed by atoms with Crippen LogP contribution in [0.25, 0.3) is 0 Å². The topological polar surface area (TPSA) is 70.5 Å². The van der Waals surface area contributed by atoms with Crippen LogP contribution in [0.4, 0.5) is 0 Å². The molecule has 1 aromatic carbocycles. The zero-order valence-corrected chi connectivity index (χ0v) is 15.2. The van der Waals surface area contributed by atoms with Crippen LogP contribution in [0.5, 0.6) is 0 Å². The quantitative estimate of drug-likeness (QED) is 0.850. The third-order valence-corrected chi connectivity index (χ3v) is 5.23. The van der Waals surface area contributed by atoms with Gasteiger partial charge in [-0.2, -0.15) is 0 Å². The summed E-state index contributed by atoms with van der Waals surface area (Å²) < 4.78 is 0. The lowest BCUT2D eigenvalue weighted by atomic mass is 9.84. The van der Waals surface area contributed by atoms with Crippen LogP contribution in [0.3, 0.4) is 0 Å². The zero-order chi connectivity index (χ0) is 18.7. The lowest BCUT2D eigenvalue weighted by Gasteiger charge is -2.36. The minimum absolute atomic E-state index is 0.0643. The van der Waals surface area contributed by atoms with Gasteiger partial charge in [-0.25, -0.2) is 9.78 Å². The van der Waals surface area contributed by atoms with E-state index in [1.807, 2.05) is 42.2 Å². The van der Waals surface area contributed by atoms with Crippen LogP contribution in [0.2, 0.25) is 0 Å². The van der Waals surface area contributed by atoms with Crippen molar-refractivity contribution >= 4 is 11.9 Å². The third-order valence-electron chi connectivity index (χ3n) is 5.23. The minimum atomic E-state index is -1.03. The van der Waals surface area contributed by atoms with Crippen molar-refractivity contribution in [1.82, 2.24) is 9.88 Å². The summed E-state index contributed by atoms with van der Waals surface area (Å²) >= 11 is 0. The van der Waals surface area contributed by atoms with Gasteiger partial charge in [0.15, 0.2) is 0 Å². The highest BCUT2D eigenvalue weighted by molar-refractivity contribution is 5.94. The first-order valence-electron chi connectivity index (χ1n) is 9.04. The van der Waals surface area contributed by atoms with E-state index in [-0.39, 0.29) is 17.5 Å². The average Bonchev–Trinajstić information content (AvgIpc) is 2.60. The molecule has 0 saturated heterocycles. The number of rotatable bonds is 6. The van der Waals surface area contributed by atoms with Crippen LogP contribution in [0, 0.1) is 12.8 Å². The van der Waals surface area contributed by atoms with Gasteiger partial charge in [0.2, 0.25) is 0 Å². The van der Waals surface area contributed by atoms with Gasteiger partial charge in [0.05, 0.1) is 17.3 Å². The molecule has 0 radical (unpaired) electrons. The highest BCUT2D eigenvalue weighted by Gasteiger charge is 2.29. The van der Waals surface area contributed by atoms with Gasteiger partial charge in [0, 0.05) is 6.54 Å². The smallest absolute Gasteiger partial charge is 0.337 e. The molecule has 5 heteroatoms. The number of carboxylic acids is 1. The maximum absolute atomic E-state index is 13.2. The molecule has 0 spiro atoms. The summed E-state index contributed by atoms with van der Waals surface area (Å²) in [5, 5.41) is 9.16. The molecule has 2 aromatic rings. The SMILES string of the molecule is Cc1nc(C(=O)N(CC2CCC2)C(C)c2ccccc2)ccc1C(=O)O. The van der Waals surface area contributed by atoms with Crippen LogP contribution in [0.1, 0.15) is 64.3 Å². The van der Waals surface area contributed by atoms with Crippen molar-refractivity contribution in [2.24, 2.45) is 5.92 Å². The van der Waals surface area contributed by atoms with Crippen LogP contribution >= 0.6 is 0 Å². The fourth-order valence-electron chi connectivity index (χ4n) is 3.34. The van der Waals surface area contributed by atoms with Crippen molar-refractivity contribution in [2.45, 2.75) is 39.2 Å². The number of nitrogens with zero attached hydrogens (tertiary/aromatic N) is 2. The molecular formula is C21H24N2O3. The number of amides is 1. The molecule has 1 aliphatic carbocycles. The predicted octanol–water partition coefficient (Wildman–Crippen LogP) is 4.09. The molecule has 0 bridgehead atoms. The van der Waals surface area contributed by atoms with Crippen LogP contribution < -0.4 is 0 Å². The molecule has 5 nitrogen and oxygen atoms in total. The van der Waals surface area contributed by atoms with Gasteiger partial charge >= 0.3 is 5.97 Å². The number of pyridine rings is 1. The molecule has 136 valence electrons. The lowest BCUT2D eigenvalue weighted by molar-refractivity contribution is 0.0604. The normalized spacial score (nSPS) is 15.2. The molecule has 26 heavy (non-hydrogen) atoms. The number of carboxylic acid groups (broad SMARTS) is 1. The Morgan fingerprint density at radius 2 is 1.88 bits per heavy atom. The van der Waals surface area contributed by atoms with Crippen LogP contribution in [0.15, 0.2) is 42.5 Å². The first kappa shape index (κ1) is 18.1. The summed E-state index contributed by atoms with van der Waals surface area (Å²) in [4.78, 5) is 30.5. The van der Waals surface area contributed by atoms with E-state index in [1.165, 1.54) is 18.6 Å². The monoisotopic (exact) mass is 352 g/mol. The first-order chi connectivity index (χ1) is 12.5. The molecule has 1 heterocycles. The van der Waals surface area contributed by atoms with E-state index in [0.717, 1.165) is 18.4 Å². The number of aromatic carboxylic acids is 1. The summed E-state index contributed by atoms with van der Waals surface area (Å²) in [6.07, 6.45) is 3.52. The number of hydrogen-bond donors (Lipinski definition) is 1. The van der Waals surface area contributed by atoms with Crippen molar-refractivity contribution in [1.29, 1.82) is 0 Å². The summed E-state index contributed by atoms with van der Waals surface area (Å²) in [7, 11) is 0. The van der Waals surface area contributed by atoms with Gasteiger partial charge in [-0.3, -0.25) is 4.79 Å². The zero-order valence-electron chi connectivity index (χ0n) is 15.2. The first-order valence-corrected chi connectivity index (χ1v) is 9.04. The van der Waals surface area contributed by atoms with Gasteiger partial charge in [-0.1, -0.05) is 36.8 Å². The van der Waals surface area contributed by atoms with Crippen molar-refractivity contribution in [3.63, 3.8) is 0 Å². The summed E-state index contributed by atoms with van der Waals surface area (Å²) in [6, 6.07) is 12.9. The molecule has 1 saturated carbocycles. The number of aromatic nitrogens is 1. The Hall–Kier alpha value is -2.69. The van der Waals surface area contributed by atoms with E-state index in [9.17, 15) is 9.59 Å². The van der Waals surface area contributed by atoms with Crippen molar-refractivity contribution in [3.05, 3.63) is 65.0 Å². The highest BCUT2D eigenvalue weighted by Crippen LogP contribution is 2.31. The van der Waals surface area contributed by atoms with Gasteiger partial charge < -0.3 is 10.0 Å². The Bertz CT molecular complexity index is 800. The Kier molecular flexibility index (Phi) is 5.35. The Balaban J connectivity index is 1.89. The number of carbonyl (C=O) groups excluding carboxylic acids is 1. The van der Waals surface area contributed by atoms with Gasteiger partial charge in [0.1, 0.15) is 5.69 Å². The molecule has 1 N–H and O–H groups in total. The Morgan fingerprint density at radius 3 is 2.42 bits per heavy atom. The fraction of sp³-hybridized carbons (Fsp3) is 0.381. The highest BCUT2D eigenvalue weighted by atomic mass is 16.4. The van der Waals surface area contributed by atoms with E-state index in [1.54, 1.807) is 6.92 Å². The second kappa shape index (κ2) is 7.68. The van der Waals surface area contributed by atoms with E-state index >= 15 is 0 Å². The number of benzene rings is 1. The predicted molar refractivity (Wildman–Crippen MR) is 99.2 cm³/mol. The number of hydrogen-bond acceptors (Lipinski definition) is 3. The average molecular weight is 352 g/mol. The Morgan fingerprint density at radius 1 is 1.19 bits per heavy atom. The lowest BCUT2D eigenvalue weighted by Crippen LogP contribution is -2.39. The second-order valence-electron chi connectivity index (χ2n) is 6.98. The van der Waals surface area contributed by atoms with E-state index in [0.29, 0.717) is 23.9 Å². The maximum atomic E-state index is 13.2. The minimum Gasteiger partial charge on any atom is -0.478 e. The summed E-state index contributed by atoms with van der Waals surface area (Å²) in [5.41, 5.74) is 1.87. The molecule has 0 aliphatic heterocycles. The van der Waals surface area contributed by atoms with Crippen molar-refractivity contribution in [3.8, 4) is 0 Å². The summed E-state index contributed by atoms with van der Waals surface area (Å²) in [5.74, 6) is -0.643. The molecule has 1 aromatic heterocycles. The fourth-order valence-corrected chi connectivity index (χ4v) is 3.34. The van der Waals surface area contributed by atoms with Gasteiger partial charge in [0.25, 0.3) is 5.91 Å². The molecule has 1 unspecified atom stereocenters. The number of aryl methyl sites for hydroxylation is 1. The largest absolute Gasteiger partial charge is 0.478 e. The molecule has 1 fully saturated rings. The molecular weight excluding hydrogens is 328 g/mol. The Labute approximate surface area is 153 Å². The van der Waals surface area contributed by atoms with Crippen LogP contribution in [-0.4, -0.2) is 33.4 Å². The molecule has 3 rings (SSSR count). The van der Waals surface area contributed by atoms with E-state index in [2.05, 4.69) is 4.98 Å². The summed E-state index contributed by atoms with van der Waals surface area (Å²) in [6.45, 7) is 4.36. The standard InChI is InChI=1S/C21H24N2O3/c1-14-18(21(25)26)11-12-19(22-14)20(24)23(13-16-7-6-8-16)15(2)17-9-4-3-5-10-17/h3-5,9-12,15-16H,6-8,13H2,1-2H3,(H,25,26). The van der Waals surface area contributed by atoms with Gasteiger partial charge in [-0.05, 0) is 50.3 Å². The maximum Gasteiger partial charge on any atom is 0.337 e. The number of carbonyl (C=O) groups is 2. The van der Waals surface area contributed by atoms with E-state index < -0.39 is 5.97 Å².